The number of benzene rings is 3. The first-order valence-corrected chi connectivity index (χ1v) is 10.7. The second-order valence-electron chi connectivity index (χ2n) is 8.25. The molecule has 33 heavy (non-hydrogen) atoms. The van der Waals surface area contributed by atoms with E-state index >= 15 is 0 Å². The monoisotopic (exact) mass is 446 g/mol. The smallest absolute Gasteiger partial charge is 0.248 e. The topological polar surface area (TPSA) is 113 Å². The van der Waals surface area contributed by atoms with Gasteiger partial charge in [0.15, 0.2) is 5.78 Å². The maximum absolute atomic E-state index is 13.2. The third-order valence-corrected chi connectivity index (χ3v) is 5.49. The molecule has 1 amide bonds. The van der Waals surface area contributed by atoms with Crippen molar-refractivity contribution in [3.63, 3.8) is 0 Å². The van der Waals surface area contributed by atoms with E-state index in [0.29, 0.717) is 12.1 Å². The van der Waals surface area contributed by atoms with Gasteiger partial charge in [-0.05, 0) is 55.1 Å². The van der Waals surface area contributed by atoms with Gasteiger partial charge in [0.2, 0.25) is 5.91 Å². The van der Waals surface area contributed by atoms with E-state index in [1.807, 2.05) is 72.4 Å². The van der Waals surface area contributed by atoms with Gasteiger partial charge in [-0.1, -0.05) is 54.6 Å². The number of phenolic OH excluding ortho intramolecular Hbond substituents is 1. The number of amides is 1. The summed E-state index contributed by atoms with van der Waals surface area (Å²) in [6.07, 6.45) is -0.329. The van der Waals surface area contributed by atoms with Crippen molar-refractivity contribution in [1.82, 2.24) is 9.80 Å². The lowest BCUT2D eigenvalue weighted by molar-refractivity contribution is -0.123. The average Bonchev–Trinajstić information content (AvgIpc) is 2.80. The van der Waals surface area contributed by atoms with E-state index in [9.17, 15) is 14.7 Å². The van der Waals surface area contributed by atoms with E-state index in [2.05, 4.69) is 0 Å². The van der Waals surface area contributed by atoms with Crippen LogP contribution >= 0.6 is 0 Å². The first-order chi connectivity index (χ1) is 15.8. The van der Waals surface area contributed by atoms with Crippen molar-refractivity contribution >= 4 is 11.7 Å². The van der Waals surface area contributed by atoms with Gasteiger partial charge in [0, 0.05) is 12.1 Å². The lowest BCUT2D eigenvalue weighted by Crippen LogP contribution is -2.42. The number of hydrogen-bond donors (Lipinski definition) is 3. The highest BCUT2D eigenvalue weighted by molar-refractivity contribution is 5.93. The maximum atomic E-state index is 13.2. The molecule has 0 aliphatic rings. The molecule has 5 N–H and O–H groups in total. The molecule has 0 saturated heterocycles. The molecule has 3 aromatic rings. The van der Waals surface area contributed by atoms with Gasteiger partial charge in [-0.25, -0.2) is 0 Å². The molecule has 0 radical (unpaired) electrons. The minimum absolute atomic E-state index is 0.0839. The number of nitrogens with two attached hydrogens (primary N) is 2. The molecule has 7 heteroatoms. The van der Waals surface area contributed by atoms with Crippen molar-refractivity contribution in [1.29, 1.82) is 0 Å². The lowest BCUT2D eigenvalue weighted by Gasteiger charge is -2.36. The minimum atomic E-state index is -0.756. The van der Waals surface area contributed by atoms with Crippen molar-refractivity contribution < 1.29 is 14.7 Å². The van der Waals surface area contributed by atoms with Crippen LogP contribution in [-0.2, 0) is 11.3 Å². The summed E-state index contributed by atoms with van der Waals surface area (Å²) in [7, 11) is 3.82. The molecule has 0 spiro atoms. The number of hydrogen-bond acceptors (Lipinski definition) is 6. The van der Waals surface area contributed by atoms with Crippen molar-refractivity contribution in [3.05, 3.63) is 101 Å². The Balaban J connectivity index is 1.96. The predicted octanol–water partition coefficient (Wildman–Crippen LogP) is 2.82. The highest BCUT2D eigenvalue weighted by atomic mass is 16.3. The van der Waals surface area contributed by atoms with Crippen LogP contribution in [0, 0.1) is 0 Å². The van der Waals surface area contributed by atoms with Gasteiger partial charge >= 0.3 is 0 Å². The van der Waals surface area contributed by atoms with Gasteiger partial charge in [0.25, 0.3) is 0 Å². The second kappa shape index (κ2) is 10.9. The predicted molar refractivity (Wildman–Crippen MR) is 128 cm³/mol. The number of primary amides is 1. The Morgan fingerprint density at radius 1 is 0.909 bits per heavy atom. The summed E-state index contributed by atoms with van der Waals surface area (Å²) in [5.41, 5.74) is 14.7. The third kappa shape index (κ3) is 6.26. The van der Waals surface area contributed by atoms with Crippen LogP contribution in [-0.4, -0.2) is 47.2 Å². The van der Waals surface area contributed by atoms with Gasteiger partial charge in [-0.3, -0.25) is 19.4 Å². The van der Waals surface area contributed by atoms with E-state index < -0.39 is 11.9 Å². The first kappa shape index (κ1) is 24.1. The Morgan fingerprint density at radius 2 is 1.55 bits per heavy atom. The van der Waals surface area contributed by atoms with Crippen molar-refractivity contribution in [3.8, 4) is 5.75 Å². The highest BCUT2D eigenvalue weighted by Crippen LogP contribution is 2.27. The highest BCUT2D eigenvalue weighted by Gasteiger charge is 2.28. The summed E-state index contributed by atoms with van der Waals surface area (Å²) in [6.45, 7) is 0.512. The zero-order chi connectivity index (χ0) is 24.0. The molecular formula is C26H30N4O3. The molecule has 0 aliphatic heterocycles. The Kier molecular flexibility index (Phi) is 7.95. The minimum Gasteiger partial charge on any atom is -0.508 e. The van der Waals surface area contributed by atoms with Gasteiger partial charge in [0.1, 0.15) is 5.75 Å². The van der Waals surface area contributed by atoms with Crippen molar-refractivity contribution in [2.24, 2.45) is 11.5 Å². The van der Waals surface area contributed by atoms with Gasteiger partial charge in [-0.15, -0.1) is 0 Å². The van der Waals surface area contributed by atoms with Crippen LogP contribution in [0.4, 0.5) is 0 Å². The molecule has 0 fully saturated rings. The molecule has 0 bridgehead atoms. The van der Waals surface area contributed by atoms with Crippen LogP contribution in [0.5, 0.6) is 5.75 Å². The number of carbonyl (C=O) groups is 2. The molecule has 2 unspecified atom stereocenters. The van der Waals surface area contributed by atoms with Gasteiger partial charge in [0.05, 0.1) is 18.8 Å². The normalized spacial score (nSPS) is 13.1. The number of rotatable bonds is 10. The van der Waals surface area contributed by atoms with E-state index in [1.165, 1.54) is 0 Å². The largest absolute Gasteiger partial charge is 0.508 e. The molecular weight excluding hydrogens is 416 g/mol. The van der Waals surface area contributed by atoms with Crippen LogP contribution in [0.15, 0.2) is 78.9 Å². The molecule has 0 heterocycles. The fraction of sp³-hybridized carbons (Fsp3) is 0.231. The summed E-state index contributed by atoms with van der Waals surface area (Å²) < 4.78 is 0. The zero-order valence-electron chi connectivity index (χ0n) is 18.9. The summed E-state index contributed by atoms with van der Waals surface area (Å²) >= 11 is 0. The van der Waals surface area contributed by atoms with Crippen LogP contribution < -0.4 is 11.5 Å². The number of ketones is 1. The van der Waals surface area contributed by atoms with Crippen molar-refractivity contribution in [2.75, 3.05) is 20.6 Å². The first-order valence-electron chi connectivity index (χ1n) is 10.7. The molecule has 172 valence electrons. The standard InChI is InChI=1S/C26H30N4O3/c1-29(2)26(21-10-6-9-20(15-21)25(28)33)30(16-18-11-13-22(31)14-12-18)17-23(32)24(27)19-7-4-3-5-8-19/h3-15,24,26,31H,16-17,27H2,1-2H3,(H2,28,33). The Hall–Kier alpha value is -3.52. The second-order valence-corrected chi connectivity index (χ2v) is 8.25. The van der Waals surface area contributed by atoms with Crippen LogP contribution in [0.1, 0.15) is 39.3 Å². The number of Topliss-reactive ketones (excluding diaryl/α,β-unsaturated/α-hetero) is 1. The molecule has 0 aliphatic carbocycles. The Bertz CT molecular complexity index is 1080. The fourth-order valence-electron chi connectivity index (χ4n) is 3.90. The number of nitrogens with zero attached hydrogens (tertiary/aromatic N) is 2. The van der Waals surface area contributed by atoms with Crippen molar-refractivity contribution in [2.45, 2.75) is 18.8 Å². The third-order valence-electron chi connectivity index (χ3n) is 5.49. The van der Waals surface area contributed by atoms with E-state index in [0.717, 1.165) is 16.7 Å². The fourth-order valence-corrected chi connectivity index (χ4v) is 3.90. The van der Waals surface area contributed by atoms with Crippen LogP contribution in [0.2, 0.25) is 0 Å². The summed E-state index contributed by atoms with van der Waals surface area (Å²) in [5.74, 6) is -0.467. The quantitative estimate of drug-likeness (QED) is 0.413. The number of phenols is 1. The number of carbonyl (C=O) groups excluding carboxylic acids is 2. The summed E-state index contributed by atoms with van der Waals surface area (Å²) in [4.78, 5) is 29.0. The Morgan fingerprint density at radius 3 is 2.15 bits per heavy atom. The molecule has 0 aromatic heterocycles. The molecule has 0 saturated carbocycles. The lowest BCUT2D eigenvalue weighted by atomic mass is 10.0. The Labute approximate surface area is 194 Å². The molecule has 3 aromatic carbocycles. The maximum Gasteiger partial charge on any atom is 0.248 e. The molecule has 2 atom stereocenters. The molecule has 3 rings (SSSR count). The molecule has 7 nitrogen and oxygen atoms in total. The van der Waals surface area contributed by atoms with Gasteiger partial charge in [-0.2, -0.15) is 0 Å². The average molecular weight is 447 g/mol. The van der Waals surface area contributed by atoms with E-state index in [1.54, 1.807) is 30.3 Å². The van der Waals surface area contributed by atoms with Gasteiger partial charge < -0.3 is 16.6 Å². The van der Waals surface area contributed by atoms with Crippen LogP contribution in [0.3, 0.4) is 0 Å². The van der Waals surface area contributed by atoms with Crippen LogP contribution in [0.25, 0.3) is 0 Å². The summed E-state index contributed by atoms with van der Waals surface area (Å²) in [6, 6.07) is 22.5. The van der Waals surface area contributed by atoms with E-state index in [-0.39, 0.29) is 24.2 Å². The zero-order valence-corrected chi connectivity index (χ0v) is 18.9. The SMILES string of the molecule is CN(C)C(c1cccc(C(N)=O)c1)N(CC(=O)C(N)c1ccccc1)Cc1ccc(O)cc1. The number of aromatic hydroxyl groups is 1. The van der Waals surface area contributed by atoms with E-state index in [4.69, 9.17) is 11.5 Å². The summed E-state index contributed by atoms with van der Waals surface area (Å²) in [5, 5.41) is 9.66.